The van der Waals surface area contributed by atoms with Gasteiger partial charge in [0.05, 0.1) is 12.8 Å². The Morgan fingerprint density at radius 2 is 2.19 bits per heavy atom. The zero-order valence-corrected chi connectivity index (χ0v) is 11.9. The molecule has 1 heterocycles. The van der Waals surface area contributed by atoms with Gasteiger partial charge in [0, 0.05) is 13.1 Å². The number of aryl methyl sites for hydroxylation is 1. The van der Waals surface area contributed by atoms with Crippen LogP contribution in [0.4, 0.5) is 0 Å². The van der Waals surface area contributed by atoms with Crippen molar-refractivity contribution in [2.24, 2.45) is 7.05 Å². The van der Waals surface area contributed by atoms with E-state index in [0.29, 0.717) is 18.1 Å². The van der Waals surface area contributed by atoms with Crippen molar-refractivity contribution in [3.05, 3.63) is 35.7 Å². The average Bonchev–Trinajstić information content (AvgIpc) is 2.88. The third kappa shape index (κ3) is 3.95. The number of aromatic nitrogens is 3. The molecule has 1 aromatic carbocycles. The van der Waals surface area contributed by atoms with Gasteiger partial charge in [-0.3, -0.25) is 4.68 Å². The van der Waals surface area contributed by atoms with Crippen LogP contribution in [0.1, 0.15) is 29.4 Å². The third-order valence-electron chi connectivity index (χ3n) is 2.68. The molecule has 1 aromatic heterocycles. The van der Waals surface area contributed by atoms with Crippen molar-refractivity contribution < 1.29 is 19.4 Å². The van der Waals surface area contributed by atoms with E-state index in [2.05, 4.69) is 10.3 Å². The first-order valence-corrected chi connectivity index (χ1v) is 6.58. The van der Waals surface area contributed by atoms with Crippen molar-refractivity contribution in [2.45, 2.75) is 20.0 Å². The van der Waals surface area contributed by atoms with Gasteiger partial charge in [-0.25, -0.2) is 4.79 Å². The van der Waals surface area contributed by atoms with Crippen LogP contribution in [0.3, 0.4) is 0 Å². The number of carboxylic acids is 1. The van der Waals surface area contributed by atoms with Crippen molar-refractivity contribution >= 4 is 5.97 Å². The molecule has 0 amide bonds. The normalized spacial score (nSPS) is 10.4. The first kappa shape index (κ1) is 14.8. The van der Waals surface area contributed by atoms with Gasteiger partial charge in [-0.05, 0) is 18.6 Å². The fraction of sp³-hybridized carbons (Fsp3) is 0.357. The number of ether oxygens (including phenoxy) is 2. The first-order chi connectivity index (χ1) is 10.1. The predicted octanol–water partition coefficient (Wildman–Crippen LogP) is 1.88. The van der Waals surface area contributed by atoms with Crippen LogP contribution in [-0.4, -0.2) is 32.7 Å². The molecule has 112 valence electrons. The topological polar surface area (TPSA) is 86.5 Å². The molecule has 0 saturated carbocycles. The monoisotopic (exact) mass is 291 g/mol. The number of aromatic carboxylic acids is 1. The van der Waals surface area contributed by atoms with Gasteiger partial charge in [-0.2, -0.15) is 0 Å². The zero-order valence-electron chi connectivity index (χ0n) is 11.9. The molecule has 0 saturated heterocycles. The number of rotatable bonds is 7. The van der Waals surface area contributed by atoms with Crippen molar-refractivity contribution in [3.8, 4) is 11.5 Å². The number of hydrogen-bond donors (Lipinski definition) is 1. The molecule has 0 aliphatic carbocycles. The van der Waals surface area contributed by atoms with E-state index in [9.17, 15) is 9.90 Å². The van der Waals surface area contributed by atoms with Crippen LogP contribution < -0.4 is 9.47 Å². The minimum atomic E-state index is -1.05. The fourth-order valence-corrected chi connectivity index (χ4v) is 1.72. The summed E-state index contributed by atoms with van der Waals surface area (Å²) in [6, 6.07) is 4.67. The lowest BCUT2D eigenvalue weighted by Gasteiger charge is -2.11. The largest absolute Gasteiger partial charge is 0.493 e. The van der Waals surface area contributed by atoms with Gasteiger partial charge in [0.1, 0.15) is 29.4 Å². The Hall–Kier alpha value is -2.57. The summed E-state index contributed by atoms with van der Waals surface area (Å²) in [5.41, 5.74) is 0.705. The van der Waals surface area contributed by atoms with Crippen molar-refractivity contribution in [1.82, 2.24) is 15.0 Å². The van der Waals surface area contributed by atoms with E-state index in [0.717, 1.165) is 6.42 Å². The van der Waals surface area contributed by atoms with E-state index in [4.69, 9.17) is 9.47 Å². The summed E-state index contributed by atoms with van der Waals surface area (Å²) in [5, 5.41) is 16.9. The second-order valence-corrected chi connectivity index (χ2v) is 4.48. The van der Waals surface area contributed by atoms with E-state index >= 15 is 0 Å². The van der Waals surface area contributed by atoms with Crippen LogP contribution in [-0.2, 0) is 13.7 Å². The highest BCUT2D eigenvalue weighted by Crippen LogP contribution is 2.26. The summed E-state index contributed by atoms with van der Waals surface area (Å²) in [6.07, 6.45) is 2.58. The molecule has 2 aromatic rings. The van der Waals surface area contributed by atoms with Crippen LogP contribution in [0.5, 0.6) is 11.5 Å². The molecule has 7 nitrogen and oxygen atoms in total. The van der Waals surface area contributed by atoms with E-state index in [1.54, 1.807) is 30.1 Å². The molecule has 7 heteroatoms. The van der Waals surface area contributed by atoms with E-state index in [1.165, 1.54) is 6.07 Å². The SMILES string of the molecule is CCCOc1ccc(C(=O)O)c(OCc2cn(C)nn2)c1. The van der Waals surface area contributed by atoms with Crippen molar-refractivity contribution in [1.29, 1.82) is 0 Å². The van der Waals surface area contributed by atoms with Gasteiger partial charge in [0.15, 0.2) is 0 Å². The molecule has 2 rings (SSSR count). The highest BCUT2D eigenvalue weighted by atomic mass is 16.5. The summed E-state index contributed by atoms with van der Waals surface area (Å²) in [7, 11) is 1.75. The number of nitrogens with zero attached hydrogens (tertiary/aromatic N) is 3. The summed E-state index contributed by atoms with van der Waals surface area (Å²) >= 11 is 0. The molecule has 21 heavy (non-hydrogen) atoms. The molecule has 0 radical (unpaired) electrons. The van der Waals surface area contributed by atoms with E-state index in [-0.39, 0.29) is 17.9 Å². The highest BCUT2D eigenvalue weighted by molar-refractivity contribution is 5.91. The first-order valence-electron chi connectivity index (χ1n) is 6.58. The van der Waals surface area contributed by atoms with Gasteiger partial charge < -0.3 is 14.6 Å². The lowest BCUT2D eigenvalue weighted by Crippen LogP contribution is -2.05. The second kappa shape index (κ2) is 6.74. The summed E-state index contributed by atoms with van der Waals surface area (Å²) in [5.74, 6) is -0.219. The van der Waals surface area contributed by atoms with Crippen LogP contribution in [0, 0.1) is 0 Å². The molecular weight excluding hydrogens is 274 g/mol. The second-order valence-electron chi connectivity index (χ2n) is 4.48. The Labute approximate surface area is 122 Å². The Balaban J connectivity index is 2.15. The predicted molar refractivity (Wildman–Crippen MR) is 74.5 cm³/mol. The average molecular weight is 291 g/mol. The van der Waals surface area contributed by atoms with Crippen molar-refractivity contribution in [2.75, 3.05) is 6.61 Å². The molecule has 0 atom stereocenters. The van der Waals surface area contributed by atoms with Gasteiger partial charge in [-0.15, -0.1) is 5.10 Å². The lowest BCUT2D eigenvalue weighted by atomic mass is 10.2. The fourth-order valence-electron chi connectivity index (χ4n) is 1.72. The molecule has 0 bridgehead atoms. The van der Waals surface area contributed by atoms with E-state index < -0.39 is 5.97 Å². The Morgan fingerprint density at radius 1 is 1.38 bits per heavy atom. The minimum absolute atomic E-state index is 0.0859. The molecule has 0 fully saturated rings. The van der Waals surface area contributed by atoms with Gasteiger partial charge in [0.2, 0.25) is 0 Å². The van der Waals surface area contributed by atoms with Crippen molar-refractivity contribution in [3.63, 3.8) is 0 Å². The molecular formula is C14H17N3O4. The van der Waals surface area contributed by atoms with Gasteiger partial charge >= 0.3 is 5.97 Å². The maximum Gasteiger partial charge on any atom is 0.339 e. The summed E-state index contributed by atoms with van der Waals surface area (Å²) < 4.78 is 12.6. The number of benzene rings is 1. The lowest BCUT2D eigenvalue weighted by molar-refractivity contribution is 0.0691. The molecule has 0 aliphatic rings. The Morgan fingerprint density at radius 3 is 2.81 bits per heavy atom. The zero-order chi connectivity index (χ0) is 15.2. The van der Waals surface area contributed by atoms with Crippen LogP contribution in [0.15, 0.2) is 24.4 Å². The van der Waals surface area contributed by atoms with Crippen LogP contribution >= 0.6 is 0 Å². The minimum Gasteiger partial charge on any atom is -0.493 e. The molecule has 0 spiro atoms. The smallest absolute Gasteiger partial charge is 0.339 e. The Bertz CT molecular complexity index is 624. The quantitative estimate of drug-likeness (QED) is 0.838. The summed E-state index contributed by atoms with van der Waals surface area (Å²) in [6.45, 7) is 2.71. The standard InChI is InChI=1S/C14H17N3O4/c1-3-6-20-11-4-5-12(14(18)19)13(7-11)21-9-10-8-17(2)16-15-10/h4-5,7-8H,3,6,9H2,1-2H3,(H,18,19). The maximum atomic E-state index is 11.2. The summed E-state index contributed by atoms with van der Waals surface area (Å²) in [4.78, 5) is 11.2. The maximum absolute atomic E-state index is 11.2. The molecule has 1 N–H and O–H groups in total. The van der Waals surface area contributed by atoms with Crippen LogP contribution in [0.2, 0.25) is 0 Å². The molecule has 0 unspecified atom stereocenters. The van der Waals surface area contributed by atoms with Crippen LogP contribution in [0.25, 0.3) is 0 Å². The Kier molecular flexibility index (Phi) is 4.76. The molecule has 0 aliphatic heterocycles. The van der Waals surface area contributed by atoms with Gasteiger partial charge in [0.25, 0.3) is 0 Å². The number of carboxylic acid groups (broad SMARTS) is 1. The number of carbonyl (C=O) groups is 1. The third-order valence-corrected chi connectivity index (χ3v) is 2.68. The van der Waals surface area contributed by atoms with E-state index in [1.807, 2.05) is 6.92 Å². The highest BCUT2D eigenvalue weighted by Gasteiger charge is 2.13. The number of hydrogen-bond acceptors (Lipinski definition) is 5. The van der Waals surface area contributed by atoms with Gasteiger partial charge in [-0.1, -0.05) is 12.1 Å².